The molecule has 0 spiro atoms. The van der Waals surface area contributed by atoms with Gasteiger partial charge in [0.1, 0.15) is 5.82 Å². The van der Waals surface area contributed by atoms with Gasteiger partial charge in [-0.2, -0.15) is 0 Å². The Hall–Kier alpha value is -2.38. The number of primary amides is 1. The molecule has 0 unspecified atom stereocenters. The van der Waals surface area contributed by atoms with Crippen LogP contribution in [0.4, 0.5) is 10.5 Å². The molecule has 1 heterocycles. The van der Waals surface area contributed by atoms with E-state index in [0.717, 1.165) is 0 Å². The van der Waals surface area contributed by atoms with Gasteiger partial charge in [0, 0.05) is 25.6 Å². The van der Waals surface area contributed by atoms with Crippen LogP contribution < -0.4 is 21.7 Å². The van der Waals surface area contributed by atoms with E-state index in [2.05, 4.69) is 25.9 Å². The van der Waals surface area contributed by atoms with Crippen molar-refractivity contribution in [2.45, 2.75) is 26.7 Å². The zero-order valence-electron chi connectivity index (χ0n) is 12.6. The smallest absolute Gasteiger partial charge is 0.312 e. The maximum absolute atomic E-state index is 12.2. The summed E-state index contributed by atoms with van der Waals surface area (Å²) in [5, 5.41) is 8.13. The zero-order valence-corrected chi connectivity index (χ0v) is 12.6. The normalized spacial score (nSPS) is 10.3. The Labute approximate surface area is 123 Å². The Morgan fingerprint density at radius 3 is 2.52 bits per heavy atom. The van der Waals surface area contributed by atoms with Crippen LogP contribution in [0, 0.1) is 0 Å². The number of anilines is 1. The first-order chi connectivity index (χ1) is 9.95. The van der Waals surface area contributed by atoms with Gasteiger partial charge in [-0.15, -0.1) is 0 Å². The summed E-state index contributed by atoms with van der Waals surface area (Å²) in [6, 6.07) is -0.623. The van der Waals surface area contributed by atoms with Gasteiger partial charge in [-0.05, 0) is 6.92 Å². The first-order valence-electron chi connectivity index (χ1n) is 6.88. The summed E-state index contributed by atoms with van der Waals surface area (Å²) in [7, 11) is 0. The second kappa shape index (κ2) is 8.03. The van der Waals surface area contributed by atoms with Gasteiger partial charge >= 0.3 is 6.03 Å². The largest absolute Gasteiger partial charge is 0.382 e. The lowest BCUT2D eigenvalue weighted by atomic mass is 10.2. The van der Waals surface area contributed by atoms with Gasteiger partial charge in [-0.25, -0.2) is 14.8 Å². The van der Waals surface area contributed by atoms with Gasteiger partial charge in [0.05, 0.1) is 11.9 Å². The Kier molecular flexibility index (Phi) is 6.38. The van der Waals surface area contributed by atoms with Gasteiger partial charge in [0.25, 0.3) is 5.91 Å². The van der Waals surface area contributed by atoms with E-state index in [1.54, 1.807) is 6.20 Å². The molecule has 0 aromatic carbocycles. The molecule has 8 heteroatoms. The molecule has 0 bridgehead atoms. The van der Waals surface area contributed by atoms with E-state index >= 15 is 0 Å². The molecule has 116 valence electrons. The molecule has 5 N–H and O–H groups in total. The third-order valence-corrected chi connectivity index (χ3v) is 2.62. The second-order valence-corrected chi connectivity index (χ2v) is 4.72. The number of nitrogens with two attached hydrogens (primary N) is 1. The van der Waals surface area contributed by atoms with Crippen LogP contribution in [0.25, 0.3) is 0 Å². The summed E-state index contributed by atoms with van der Waals surface area (Å²) in [6.45, 7) is 7.04. The fourth-order valence-electron chi connectivity index (χ4n) is 1.61. The van der Waals surface area contributed by atoms with Crippen LogP contribution in [0.1, 0.15) is 43.0 Å². The maximum atomic E-state index is 12.2. The van der Waals surface area contributed by atoms with Crippen LogP contribution in [-0.2, 0) is 0 Å². The lowest BCUT2D eigenvalue weighted by Gasteiger charge is -2.12. The second-order valence-electron chi connectivity index (χ2n) is 4.72. The van der Waals surface area contributed by atoms with Gasteiger partial charge in [0.15, 0.2) is 5.69 Å². The van der Waals surface area contributed by atoms with Gasteiger partial charge in [0.2, 0.25) is 0 Å². The molecule has 0 radical (unpaired) electrons. The number of carbonyl (C=O) groups excluding carboxylic acids is 2. The minimum atomic E-state index is -0.623. The summed E-state index contributed by atoms with van der Waals surface area (Å²) < 4.78 is 0. The van der Waals surface area contributed by atoms with Gasteiger partial charge < -0.3 is 21.7 Å². The Morgan fingerprint density at radius 2 is 1.95 bits per heavy atom. The first kappa shape index (κ1) is 16.7. The van der Waals surface area contributed by atoms with Crippen molar-refractivity contribution in [3.05, 3.63) is 17.7 Å². The van der Waals surface area contributed by atoms with E-state index in [4.69, 9.17) is 5.73 Å². The number of hydrogen-bond acceptors (Lipinski definition) is 5. The van der Waals surface area contributed by atoms with Crippen molar-refractivity contribution < 1.29 is 9.59 Å². The molecule has 1 aromatic heterocycles. The van der Waals surface area contributed by atoms with Gasteiger partial charge in [-0.1, -0.05) is 13.8 Å². The summed E-state index contributed by atoms with van der Waals surface area (Å²) in [5.41, 5.74) is 5.83. The van der Waals surface area contributed by atoms with Crippen molar-refractivity contribution in [3.8, 4) is 0 Å². The summed E-state index contributed by atoms with van der Waals surface area (Å²) >= 11 is 0. The molecule has 0 aliphatic heterocycles. The monoisotopic (exact) mass is 294 g/mol. The number of nitrogens with one attached hydrogen (secondary N) is 3. The van der Waals surface area contributed by atoms with Crippen molar-refractivity contribution in [3.63, 3.8) is 0 Å². The van der Waals surface area contributed by atoms with E-state index in [1.807, 2.05) is 20.8 Å². The van der Waals surface area contributed by atoms with Crippen molar-refractivity contribution in [2.24, 2.45) is 5.73 Å². The highest BCUT2D eigenvalue weighted by atomic mass is 16.2. The molecule has 3 amide bonds. The molecular formula is C13H22N6O2. The average Bonchev–Trinajstić information content (AvgIpc) is 2.43. The van der Waals surface area contributed by atoms with Crippen LogP contribution in [0.5, 0.6) is 0 Å². The highest BCUT2D eigenvalue weighted by Gasteiger charge is 2.15. The van der Waals surface area contributed by atoms with Crippen molar-refractivity contribution >= 4 is 17.6 Å². The van der Waals surface area contributed by atoms with Crippen molar-refractivity contribution in [1.29, 1.82) is 0 Å². The van der Waals surface area contributed by atoms with Crippen molar-refractivity contribution in [1.82, 2.24) is 20.6 Å². The van der Waals surface area contributed by atoms with Crippen LogP contribution in [0.2, 0.25) is 0 Å². The molecule has 0 fully saturated rings. The van der Waals surface area contributed by atoms with Crippen LogP contribution in [0.3, 0.4) is 0 Å². The molecule has 21 heavy (non-hydrogen) atoms. The standard InChI is InChI=1S/C13H22N6O2/c1-4-15-9-7-18-11(8(2)3)19-10(9)12(20)16-5-6-17-13(14)21/h7-8,15H,4-6H2,1-3H3,(H,16,20)(H3,14,17,21). The zero-order chi connectivity index (χ0) is 15.8. The van der Waals surface area contributed by atoms with Crippen LogP contribution in [-0.4, -0.2) is 41.5 Å². The lowest BCUT2D eigenvalue weighted by molar-refractivity contribution is 0.0949. The Balaban J connectivity index is 2.79. The van der Waals surface area contributed by atoms with E-state index < -0.39 is 6.03 Å². The number of nitrogens with zero attached hydrogens (tertiary/aromatic N) is 2. The minimum absolute atomic E-state index is 0.128. The number of hydrogen-bond donors (Lipinski definition) is 4. The minimum Gasteiger partial charge on any atom is -0.382 e. The predicted molar refractivity (Wildman–Crippen MR) is 80.2 cm³/mol. The molecule has 0 atom stereocenters. The molecule has 0 aliphatic rings. The molecule has 0 saturated heterocycles. The SMILES string of the molecule is CCNc1cnc(C(C)C)nc1C(=O)NCCNC(N)=O. The predicted octanol–water partition coefficient (Wildman–Crippen LogP) is 0.430. The third kappa shape index (κ3) is 5.25. The number of rotatable bonds is 7. The highest BCUT2D eigenvalue weighted by Crippen LogP contribution is 2.16. The average molecular weight is 294 g/mol. The molecular weight excluding hydrogens is 272 g/mol. The maximum Gasteiger partial charge on any atom is 0.312 e. The molecule has 0 aliphatic carbocycles. The van der Waals surface area contributed by atoms with Crippen molar-refractivity contribution in [2.75, 3.05) is 25.0 Å². The van der Waals surface area contributed by atoms with Gasteiger partial charge in [-0.3, -0.25) is 4.79 Å². The lowest BCUT2D eigenvalue weighted by Crippen LogP contribution is -2.37. The summed E-state index contributed by atoms with van der Waals surface area (Å²) in [5.74, 6) is 0.419. The number of amides is 3. The number of urea groups is 1. The fourth-order valence-corrected chi connectivity index (χ4v) is 1.61. The van der Waals surface area contributed by atoms with Crippen LogP contribution >= 0.6 is 0 Å². The number of aromatic nitrogens is 2. The third-order valence-electron chi connectivity index (χ3n) is 2.62. The highest BCUT2D eigenvalue weighted by molar-refractivity contribution is 5.97. The molecule has 1 rings (SSSR count). The first-order valence-corrected chi connectivity index (χ1v) is 6.88. The van der Waals surface area contributed by atoms with E-state index in [1.165, 1.54) is 0 Å². The Morgan fingerprint density at radius 1 is 1.29 bits per heavy atom. The molecule has 8 nitrogen and oxygen atoms in total. The summed E-state index contributed by atoms with van der Waals surface area (Å²) in [6.07, 6.45) is 1.61. The number of carbonyl (C=O) groups is 2. The Bertz CT molecular complexity index is 503. The van der Waals surface area contributed by atoms with E-state index in [9.17, 15) is 9.59 Å². The molecule has 1 aromatic rings. The van der Waals surface area contributed by atoms with E-state index in [-0.39, 0.29) is 24.9 Å². The quantitative estimate of drug-likeness (QED) is 0.543. The fraction of sp³-hybridized carbons (Fsp3) is 0.538. The topological polar surface area (TPSA) is 122 Å². The summed E-state index contributed by atoms with van der Waals surface area (Å²) in [4.78, 5) is 31.3. The van der Waals surface area contributed by atoms with E-state index in [0.29, 0.717) is 23.8 Å². The van der Waals surface area contributed by atoms with Crippen LogP contribution in [0.15, 0.2) is 6.20 Å². The molecule has 0 saturated carbocycles.